The highest BCUT2D eigenvalue weighted by molar-refractivity contribution is 7.79. The minimum Gasteiger partial charge on any atom is -0.375 e. The molecule has 1 unspecified atom stereocenters. The second-order valence-corrected chi connectivity index (χ2v) is 14.4. The van der Waals surface area contributed by atoms with Gasteiger partial charge >= 0.3 is 10.4 Å². The van der Waals surface area contributed by atoms with Crippen LogP contribution in [0.2, 0.25) is 0 Å². The summed E-state index contributed by atoms with van der Waals surface area (Å²) in [6.45, 7) is 7.51. The molecule has 0 aliphatic carbocycles. The number of Topliss-reactive ketones (excluding diaryl/α,β-unsaturated/α-hetero) is 2. The first-order valence-electron chi connectivity index (χ1n) is 18.5. The topological polar surface area (TPSA) is 155 Å². The molecule has 0 aromatic heterocycles. The van der Waals surface area contributed by atoms with E-state index < -0.39 is 21.5 Å². The molecule has 0 bridgehead atoms. The number of carbonyl (C=O) groups is 2. The van der Waals surface area contributed by atoms with E-state index in [4.69, 9.17) is 23.3 Å². The molecule has 0 spiro atoms. The Morgan fingerprint density at radius 1 is 0.489 bits per heavy atom. The number of hydrogen-bond donors (Lipinski definition) is 4. The SMILES string of the molecule is CCCCCCCCCCCCCCCC(=O)C(C)(C(=O)CCCCCCCCCCCCCCC)C(C)(N)O.O=S(=O)(O)O. The molecule has 45 heavy (non-hydrogen) atoms. The van der Waals surface area contributed by atoms with E-state index in [2.05, 4.69) is 13.8 Å². The largest absolute Gasteiger partial charge is 0.394 e. The van der Waals surface area contributed by atoms with Crippen LogP contribution in [0.5, 0.6) is 0 Å². The third kappa shape index (κ3) is 29.0. The van der Waals surface area contributed by atoms with Crippen LogP contribution < -0.4 is 5.73 Å². The highest BCUT2D eigenvalue weighted by atomic mass is 32.3. The molecule has 1 atom stereocenters. The Bertz CT molecular complexity index is 759. The summed E-state index contributed by atoms with van der Waals surface area (Å²) < 4.78 is 31.6. The van der Waals surface area contributed by atoms with Crippen molar-refractivity contribution in [3.63, 3.8) is 0 Å². The van der Waals surface area contributed by atoms with Gasteiger partial charge in [0.25, 0.3) is 0 Å². The zero-order valence-electron chi connectivity index (χ0n) is 29.8. The van der Waals surface area contributed by atoms with Crippen LogP contribution >= 0.6 is 0 Å². The van der Waals surface area contributed by atoms with E-state index in [1.54, 1.807) is 6.92 Å². The molecule has 270 valence electrons. The van der Waals surface area contributed by atoms with Crippen molar-refractivity contribution in [2.75, 3.05) is 0 Å². The van der Waals surface area contributed by atoms with E-state index >= 15 is 0 Å². The van der Waals surface area contributed by atoms with Crippen LogP contribution in [0.15, 0.2) is 0 Å². The van der Waals surface area contributed by atoms with E-state index in [1.165, 1.54) is 135 Å². The fourth-order valence-electron chi connectivity index (χ4n) is 5.83. The Morgan fingerprint density at radius 2 is 0.667 bits per heavy atom. The number of unbranched alkanes of at least 4 members (excludes halogenated alkanes) is 24. The Kier molecular flexibility index (Phi) is 30.1. The van der Waals surface area contributed by atoms with Crippen molar-refractivity contribution in [2.24, 2.45) is 11.1 Å². The summed E-state index contributed by atoms with van der Waals surface area (Å²) in [4.78, 5) is 26.3. The van der Waals surface area contributed by atoms with Gasteiger partial charge in [-0.3, -0.25) is 18.7 Å². The van der Waals surface area contributed by atoms with Crippen molar-refractivity contribution in [3.8, 4) is 0 Å². The van der Waals surface area contributed by atoms with Crippen LogP contribution in [0.4, 0.5) is 0 Å². The van der Waals surface area contributed by atoms with Crippen LogP contribution in [-0.4, -0.2) is 39.9 Å². The van der Waals surface area contributed by atoms with Crippen LogP contribution in [0, 0.1) is 5.41 Å². The lowest BCUT2D eigenvalue weighted by Gasteiger charge is -2.37. The van der Waals surface area contributed by atoms with Gasteiger partial charge in [-0.25, -0.2) is 0 Å². The molecular formula is C36H73NO7S. The molecular weight excluding hydrogens is 590 g/mol. The molecule has 0 aliphatic rings. The van der Waals surface area contributed by atoms with E-state index in [0.717, 1.165) is 38.5 Å². The second-order valence-electron chi connectivity index (χ2n) is 13.6. The van der Waals surface area contributed by atoms with Gasteiger partial charge < -0.3 is 10.8 Å². The molecule has 9 heteroatoms. The summed E-state index contributed by atoms with van der Waals surface area (Å²) >= 11 is 0. The molecule has 8 nitrogen and oxygen atoms in total. The Balaban J connectivity index is 0. The van der Waals surface area contributed by atoms with Gasteiger partial charge in [0.05, 0.1) is 0 Å². The molecule has 0 amide bonds. The van der Waals surface area contributed by atoms with Crippen molar-refractivity contribution in [1.29, 1.82) is 0 Å². The maximum Gasteiger partial charge on any atom is 0.394 e. The summed E-state index contributed by atoms with van der Waals surface area (Å²) in [7, 11) is -4.67. The van der Waals surface area contributed by atoms with Crippen LogP contribution in [0.3, 0.4) is 0 Å². The molecule has 0 aromatic carbocycles. The van der Waals surface area contributed by atoms with Gasteiger partial charge in [0.15, 0.2) is 0 Å². The van der Waals surface area contributed by atoms with Crippen molar-refractivity contribution in [2.45, 2.75) is 213 Å². The average Bonchev–Trinajstić information content (AvgIpc) is 2.95. The number of ketones is 2. The van der Waals surface area contributed by atoms with Gasteiger partial charge in [0.1, 0.15) is 22.7 Å². The molecule has 0 radical (unpaired) electrons. The summed E-state index contributed by atoms with van der Waals surface area (Å²) in [5.74, 6) is -0.384. The number of carbonyl (C=O) groups excluding carboxylic acids is 2. The van der Waals surface area contributed by atoms with Crippen LogP contribution in [-0.2, 0) is 20.0 Å². The molecule has 0 aliphatic heterocycles. The summed E-state index contributed by atoms with van der Waals surface area (Å²) in [5.41, 5.74) is 2.68. The van der Waals surface area contributed by atoms with Gasteiger partial charge in [0, 0.05) is 12.8 Å². The number of hydrogen-bond acceptors (Lipinski definition) is 6. The molecule has 0 fully saturated rings. The first-order valence-corrected chi connectivity index (χ1v) is 19.9. The molecule has 0 aromatic rings. The lowest BCUT2D eigenvalue weighted by Crippen LogP contribution is -2.60. The predicted octanol–water partition coefficient (Wildman–Crippen LogP) is 10.1. The van der Waals surface area contributed by atoms with Gasteiger partial charge in [-0.1, -0.05) is 168 Å². The van der Waals surface area contributed by atoms with E-state index in [-0.39, 0.29) is 11.6 Å². The summed E-state index contributed by atoms with van der Waals surface area (Å²) in [6, 6.07) is 0. The Labute approximate surface area is 278 Å². The van der Waals surface area contributed by atoms with Gasteiger partial charge in [-0.15, -0.1) is 0 Å². The smallest absolute Gasteiger partial charge is 0.375 e. The van der Waals surface area contributed by atoms with Crippen molar-refractivity contribution >= 4 is 22.0 Å². The first kappa shape index (κ1) is 46.2. The van der Waals surface area contributed by atoms with Crippen molar-refractivity contribution in [1.82, 2.24) is 0 Å². The summed E-state index contributed by atoms with van der Waals surface area (Å²) in [6.07, 6.45) is 33.2. The third-order valence-corrected chi connectivity index (χ3v) is 9.14. The fraction of sp³-hybridized carbons (Fsp3) is 0.944. The number of aliphatic hydroxyl groups is 1. The van der Waals surface area contributed by atoms with Crippen LogP contribution in [0.1, 0.15) is 207 Å². The maximum atomic E-state index is 13.1. The third-order valence-electron chi connectivity index (χ3n) is 9.14. The standard InChI is InChI=1S/C36H71NO3.H2O4S/c1-5-7-9-11-13-15-17-19-21-23-25-27-29-31-33(38)35(3,36(4,37)40)34(39)32-30-28-26-24-22-20-18-16-14-12-10-8-6-2;1-5(2,3)4/h40H,5-32,37H2,1-4H3;(H2,1,2,3,4). The van der Waals surface area contributed by atoms with Crippen molar-refractivity contribution in [3.05, 3.63) is 0 Å². The normalized spacial score (nSPS) is 13.2. The molecule has 0 saturated heterocycles. The zero-order valence-corrected chi connectivity index (χ0v) is 30.6. The monoisotopic (exact) mass is 664 g/mol. The number of rotatable bonds is 31. The minimum absolute atomic E-state index is 0.192. The fourth-order valence-corrected chi connectivity index (χ4v) is 5.83. The maximum absolute atomic E-state index is 13.1. The molecule has 5 N–H and O–H groups in total. The average molecular weight is 664 g/mol. The summed E-state index contributed by atoms with van der Waals surface area (Å²) in [5, 5.41) is 10.6. The van der Waals surface area contributed by atoms with E-state index in [9.17, 15) is 14.7 Å². The highest BCUT2D eigenvalue weighted by Gasteiger charge is 2.51. The Morgan fingerprint density at radius 3 is 0.844 bits per heavy atom. The lowest BCUT2D eigenvalue weighted by atomic mass is 9.70. The van der Waals surface area contributed by atoms with Gasteiger partial charge in [0.2, 0.25) is 0 Å². The number of nitrogens with two attached hydrogens (primary N) is 1. The Hall–Kier alpha value is -0.870. The highest BCUT2D eigenvalue weighted by Crippen LogP contribution is 2.34. The second kappa shape index (κ2) is 29.3. The lowest BCUT2D eigenvalue weighted by molar-refractivity contribution is -0.156. The molecule has 0 heterocycles. The predicted molar refractivity (Wildman–Crippen MR) is 188 cm³/mol. The first-order chi connectivity index (χ1) is 21.2. The van der Waals surface area contributed by atoms with Crippen LogP contribution in [0.25, 0.3) is 0 Å². The molecule has 0 saturated carbocycles. The molecule has 0 rings (SSSR count). The van der Waals surface area contributed by atoms with Gasteiger partial charge in [-0.2, -0.15) is 8.42 Å². The van der Waals surface area contributed by atoms with E-state index in [1.807, 2.05) is 0 Å². The van der Waals surface area contributed by atoms with Crippen molar-refractivity contribution < 1.29 is 32.2 Å². The minimum atomic E-state index is -4.67. The quantitative estimate of drug-likeness (QED) is 0.0247. The van der Waals surface area contributed by atoms with E-state index in [0.29, 0.717) is 12.8 Å². The van der Waals surface area contributed by atoms with Gasteiger partial charge in [-0.05, 0) is 26.7 Å². The zero-order chi connectivity index (χ0) is 34.5.